The molecule has 3 aromatic rings. The highest BCUT2D eigenvalue weighted by Crippen LogP contribution is 2.21. The van der Waals surface area contributed by atoms with E-state index in [4.69, 9.17) is 0 Å². The van der Waals surface area contributed by atoms with Crippen molar-refractivity contribution < 1.29 is 0 Å². The molecule has 0 aliphatic heterocycles. The number of benzene rings is 2. The fourth-order valence-electron chi connectivity index (χ4n) is 2.05. The number of nitrogens with zero attached hydrogens (tertiary/aromatic N) is 1. The second-order valence-corrected chi connectivity index (χ2v) is 4.25. The Balaban J connectivity index is 1.87. The minimum atomic E-state index is 0.816. The monoisotopic (exact) mass is 234 g/mol. The summed E-state index contributed by atoms with van der Waals surface area (Å²) in [4.78, 5) is 4.26. The van der Waals surface area contributed by atoms with Gasteiger partial charge in [-0.1, -0.05) is 54.6 Å². The molecule has 0 amide bonds. The van der Waals surface area contributed by atoms with E-state index in [9.17, 15) is 0 Å². The molecule has 18 heavy (non-hydrogen) atoms. The maximum atomic E-state index is 4.26. The Kier molecular flexibility index (Phi) is 2.92. The number of anilines is 1. The predicted octanol–water partition coefficient (Wildman–Crippen LogP) is 3.85. The first-order valence-electron chi connectivity index (χ1n) is 6.04. The molecule has 1 aromatic heterocycles. The van der Waals surface area contributed by atoms with Crippen molar-refractivity contribution in [2.24, 2.45) is 0 Å². The topological polar surface area (TPSA) is 24.9 Å². The maximum Gasteiger partial charge on any atom is 0.0609 e. The summed E-state index contributed by atoms with van der Waals surface area (Å²) in [7, 11) is 0. The molecular formula is C16H14N2. The zero-order valence-corrected chi connectivity index (χ0v) is 10.0. The van der Waals surface area contributed by atoms with Crippen LogP contribution >= 0.6 is 0 Å². The van der Waals surface area contributed by atoms with Crippen molar-refractivity contribution in [1.82, 2.24) is 4.98 Å². The zero-order valence-electron chi connectivity index (χ0n) is 10.0. The highest BCUT2D eigenvalue weighted by Gasteiger charge is 2.00. The molecule has 88 valence electrons. The summed E-state index contributed by atoms with van der Waals surface area (Å²) in [6, 6.07) is 18.7. The van der Waals surface area contributed by atoms with Crippen LogP contribution in [-0.4, -0.2) is 4.98 Å². The predicted molar refractivity (Wildman–Crippen MR) is 75.5 cm³/mol. The molecular weight excluding hydrogens is 220 g/mol. The summed E-state index contributed by atoms with van der Waals surface area (Å²) in [5.41, 5.74) is 2.35. The van der Waals surface area contributed by atoms with Gasteiger partial charge in [-0.05, 0) is 5.56 Å². The summed E-state index contributed by atoms with van der Waals surface area (Å²) < 4.78 is 0. The minimum absolute atomic E-state index is 0.816. The van der Waals surface area contributed by atoms with Gasteiger partial charge in [-0.3, -0.25) is 4.98 Å². The third-order valence-corrected chi connectivity index (χ3v) is 2.99. The van der Waals surface area contributed by atoms with Crippen LogP contribution in [0.2, 0.25) is 0 Å². The average Bonchev–Trinajstić information content (AvgIpc) is 2.46. The summed E-state index contributed by atoms with van der Waals surface area (Å²) in [6.45, 7) is 0.816. The molecule has 0 radical (unpaired) electrons. The SMILES string of the molecule is c1ccc(CNc2cncc3ccccc23)cc1. The Bertz CT molecular complexity index is 642. The Hall–Kier alpha value is -2.35. The fourth-order valence-corrected chi connectivity index (χ4v) is 2.05. The van der Waals surface area contributed by atoms with E-state index >= 15 is 0 Å². The van der Waals surface area contributed by atoms with Gasteiger partial charge in [0.15, 0.2) is 0 Å². The fraction of sp³-hybridized carbons (Fsp3) is 0.0625. The van der Waals surface area contributed by atoms with E-state index in [0.29, 0.717) is 0 Å². The van der Waals surface area contributed by atoms with Crippen molar-refractivity contribution >= 4 is 16.5 Å². The van der Waals surface area contributed by atoms with Crippen molar-refractivity contribution in [1.29, 1.82) is 0 Å². The van der Waals surface area contributed by atoms with Crippen LogP contribution in [-0.2, 0) is 6.54 Å². The lowest BCUT2D eigenvalue weighted by atomic mass is 10.1. The molecule has 0 spiro atoms. The summed E-state index contributed by atoms with van der Waals surface area (Å²) in [5, 5.41) is 5.82. The van der Waals surface area contributed by atoms with Crippen LogP contribution in [0.5, 0.6) is 0 Å². The van der Waals surface area contributed by atoms with E-state index in [1.165, 1.54) is 10.9 Å². The van der Waals surface area contributed by atoms with Gasteiger partial charge in [-0.25, -0.2) is 0 Å². The molecule has 0 atom stereocenters. The number of nitrogens with one attached hydrogen (secondary N) is 1. The first-order valence-corrected chi connectivity index (χ1v) is 6.04. The van der Waals surface area contributed by atoms with Crippen molar-refractivity contribution in [2.75, 3.05) is 5.32 Å². The van der Waals surface area contributed by atoms with Crippen LogP contribution < -0.4 is 5.32 Å². The van der Waals surface area contributed by atoms with Crippen molar-refractivity contribution in [3.8, 4) is 0 Å². The number of hydrogen-bond acceptors (Lipinski definition) is 2. The van der Waals surface area contributed by atoms with E-state index in [-0.39, 0.29) is 0 Å². The first kappa shape index (κ1) is 10.8. The highest BCUT2D eigenvalue weighted by molar-refractivity contribution is 5.92. The quantitative estimate of drug-likeness (QED) is 0.744. The summed E-state index contributed by atoms with van der Waals surface area (Å²) in [5.74, 6) is 0. The van der Waals surface area contributed by atoms with Crippen LogP contribution in [0.1, 0.15) is 5.56 Å². The van der Waals surface area contributed by atoms with Gasteiger partial charge in [0.1, 0.15) is 0 Å². The molecule has 0 saturated heterocycles. The lowest BCUT2D eigenvalue weighted by molar-refractivity contribution is 1.15. The van der Waals surface area contributed by atoms with Gasteiger partial charge in [0.05, 0.1) is 11.9 Å². The second-order valence-electron chi connectivity index (χ2n) is 4.25. The Morgan fingerprint density at radius 2 is 1.61 bits per heavy atom. The number of hydrogen-bond donors (Lipinski definition) is 1. The standard InChI is InChI=1S/C16H14N2/c1-2-6-13(7-3-1)10-18-16-12-17-11-14-8-4-5-9-15(14)16/h1-9,11-12,18H,10H2. The van der Waals surface area contributed by atoms with E-state index in [1.807, 2.05) is 24.5 Å². The van der Waals surface area contributed by atoms with E-state index in [1.54, 1.807) is 0 Å². The smallest absolute Gasteiger partial charge is 0.0609 e. The van der Waals surface area contributed by atoms with Crippen LogP contribution in [0.3, 0.4) is 0 Å². The third-order valence-electron chi connectivity index (χ3n) is 2.99. The lowest BCUT2D eigenvalue weighted by Crippen LogP contribution is -2.00. The normalized spacial score (nSPS) is 10.4. The van der Waals surface area contributed by atoms with Crippen LogP contribution in [0.25, 0.3) is 10.8 Å². The second kappa shape index (κ2) is 4.88. The maximum absolute atomic E-state index is 4.26. The molecule has 0 unspecified atom stereocenters. The van der Waals surface area contributed by atoms with Crippen LogP contribution in [0.4, 0.5) is 5.69 Å². The molecule has 0 fully saturated rings. The van der Waals surface area contributed by atoms with E-state index < -0.39 is 0 Å². The van der Waals surface area contributed by atoms with Gasteiger partial charge < -0.3 is 5.32 Å². The third kappa shape index (κ3) is 2.18. The van der Waals surface area contributed by atoms with Crippen molar-refractivity contribution in [3.05, 3.63) is 72.6 Å². The summed E-state index contributed by atoms with van der Waals surface area (Å²) in [6.07, 6.45) is 3.77. The van der Waals surface area contributed by atoms with E-state index in [0.717, 1.165) is 17.6 Å². The van der Waals surface area contributed by atoms with Gasteiger partial charge in [0.2, 0.25) is 0 Å². The van der Waals surface area contributed by atoms with Crippen molar-refractivity contribution in [2.45, 2.75) is 6.54 Å². The van der Waals surface area contributed by atoms with Gasteiger partial charge in [-0.15, -0.1) is 0 Å². The molecule has 3 rings (SSSR count). The average molecular weight is 234 g/mol. The van der Waals surface area contributed by atoms with Crippen LogP contribution in [0.15, 0.2) is 67.0 Å². The molecule has 1 heterocycles. The highest BCUT2D eigenvalue weighted by atomic mass is 14.9. The van der Waals surface area contributed by atoms with Gasteiger partial charge in [0, 0.05) is 23.5 Å². The molecule has 0 bridgehead atoms. The molecule has 0 saturated carbocycles. The molecule has 0 aliphatic carbocycles. The Morgan fingerprint density at radius 1 is 0.833 bits per heavy atom. The number of rotatable bonds is 3. The lowest BCUT2D eigenvalue weighted by Gasteiger charge is -2.09. The molecule has 2 heteroatoms. The molecule has 1 N–H and O–H groups in total. The number of pyridine rings is 1. The molecule has 0 aliphatic rings. The summed E-state index contributed by atoms with van der Waals surface area (Å²) >= 11 is 0. The van der Waals surface area contributed by atoms with Gasteiger partial charge in [0.25, 0.3) is 0 Å². The van der Waals surface area contributed by atoms with Crippen molar-refractivity contribution in [3.63, 3.8) is 0 Å². The molecule has 2 nitrogen and oxygen atoms in total. The minimum Gasteiger partial charge on any atom is -0.379 e. The number of fused-ring (bicyclic) bond motifs is 1. The number of aromatic nitrogens is 1. The Labute approximate surface area is 106 Å². The van der Waals surface area contributed by atoms with Gasteiger partial charge >= 0.3 is 0 Å². The molecule has 2 aromatic carbocycles. The Morgan fingerprint density at radius 3 is 2.50 bits per heavy atom. The van der Waals surface area contributed by atoms with Crippen LogP contribution in [0, 0.1) is 0 Å². The first-order chi connectivity index (χ1) is 8.93. The zero-order chi connectivity index (χ0) is 12.2. The van der Waals surface area contributed by atoms with Gasteiger partial charge in [-0.2, -0.15) is 0 Å². The largest absolute Gasteiger partial charge is 0.379 e. The van der Waals surface area contributed by atoms with E-state index in [2.05, 4.69) is 52.8 Å².